The highest BCUT2D eigenvalue weighted by atomic mass is 32.2. The number of aromatic nitrogens is 5. The van der Waals surface area contributed by atoms with Crippen molar-refractivity contribution in [2.75, 3.05) is 17.3 Å². The van der Waals surface area contributed by atoms with Gasteiger partial charge in [-0.05, 0) is 36.3 Å². The molecular weight excluding hydrogens is 416 g/mol. The van der Waals surface area contributed by atoms with Gasteiger partial charge in [-0.3, -0.25) is 19.6 Å². The van der Waals surface area contributed by atoms with Crippen LogP contribution in [0.1, 0.15) is 53.6 Å². The average molecular weight is 443 g/mol. The molecule has 9 nitrogen and oxygen atoms in total. The number of H-pyrrole nitrogens is 1. The second-order valence-corrected chi connectivity index (χ2v) is 11.1. The number of nitrogens with zero attached hydrogens (tertiary/aromatic N) is 4. The maximum Gasteiger partial charge on any atom is 0.276 e. The SMILES string of the molecule is CC1(C)CCc2c(C(=O)Nc3cnn(C(CS(C)(=O)=O)c4cccnc4)c3)n[nH]c2C1. The Labute approximate surface area is 181 Å². The van der Waals surface area contributed by atoms with Crippen molar-refractivity contribution in [1.82, 2.24) is 25.0 Å². The minimum Gasteiger partial charge on any atom is -0.318 e. The molecule has 0 saturated carbocycles. The number of sulfone groups is 1. The molecule has 0 aliphatic heterocycles. The Balaban J connectivity index is 1.55. The summed E-state index contributed by atoms with van der Waals surface area (Å²) in [7, 11) is -3.28. The van der Waals surface area contributed by atoms with Crippen LogP contribution < -0.4 is 5.32 Å². The molecule has 10 heteroatoms. The molecule has 3 heterocycles. The highest BCUT2D eigenvalue weighted by Gasteiger charge is 2.30. The molecule has 2 N–H and O–H groups in total. The topological polar surface area (TPSA) is 123 Å². The predicted molar refractivity (Wildman–Crippen MR) is 117 cm³/mol. The Morgan fingerprint density at radius 2 is 2.16 bits per heavy atom. The van der Waals surface area contributed by atoms with Crippen molar-refractivity contribution in [2.45, 2.75) is 39.2 Å². The fourth-order valence-electron chi connectivity index (χ4n) is 3.98. The first kappa shape index (κ1) is 21.2. The molecule has 1 aliphatic carbocycles. The van der Waals surface area contributed by atoms with E-state index in [0.717, 1.165) is 36.1 Å². The normalized spacial score (nSPS) is 16.5. The molecule has 1 aliphatic rings. The van der Waals surface area contributed by atoms with Crippen LogP contribution in [0.15, 0.2) is 36.9 Å². The molecule has 4 rings (SSSR count). The van der Waals surface area contributed by atoms with Crippen molar-refractivity contribution >= 4 is 21.4 Å². The van der Waals surface area contributed by atoms with E-state index < -0.39 is 15.9 Å². The van der Waals surface area contributed by atoms with Crippen LogP contribution in [0.4, 0.5) is 5.69 Å². The lowest BCUT2D eigenvalue weighted by Gasteiger charge is -2.28. The van der Waals surface area contributed by atoms with Crippen LogP contribution in [0.5, 0.6) is 0 Å². The molecule has 0 spiro atoms. The van der Waals surface area contributed by atoms with E-state index in [-0.39, 0.29) is 17.1 Å². The van der Waals surface area contributed by atoms with Gasteiger partial charge in [0.2, 0.25) is 0 Å². The van der Waals surface area contributed by atoms with Gasteiger partial charge in [-0.1, -0.05) is 19.9 Å². The molecule has 31 heavy (non-hydrogen) atoms. The Hall–Kier alpha value is -3.01. The minimum atomic E-state index is -3.28. The van der Waals surface area contributed by atoms with E-state index in [1.165, 1.54) is 17.1 Å². The van der Waals surface area contributed by atoms with Crippen LogP contribution >= 0.6 is 0 Å². The standard InChI is InChI=1S/C21H26N6O3S/c1-21(2)7-6-16-17(9-21)25-26-19(16)20(28)24-15-11-23-27(12-15)18(13-31(3,29)30)14-5-4-8-22-10-14/h4-5,8,10-12,18H,6-7,9,13H2,1-3H3,(H,24,28)(H,25,26). The van der Waals surface area contributed by atoms with Crippen molar-refractivity contribution < 1.29 is 13.2 Å². The number of anilines is 1. The number of hydrogen-bond acceptors (Lipinski definition) is 6. The van der Waals surface area contributed by atoms with E-state index in [9.17, 15) is 13.2 Å². The number of carbonyl (C=O) groups excluding carboxylic acids is 1. The van der Waals surface area contributed by atoms with E-state index in [2.05, 4.69) is 39.4 Å². The van der Waals surface area contributed by atoms with Crippen molar-refractivity contribution in [3.63, 3.8) is 0 Å². The number of amides is 1. The summed E-state index contributed by atoms with van der Waals surface area (Å²) in [6.45, 7) is 4.42. The van der Waals surface area contributed by atoms with Crippen LogP contribution in [0.3, 0.4) is 0 Å². The summed E-state index contributed by atoms with van der Waals surface area (Å²) < 4.78 is 25.5. The molecule has 164 valence electrons. The van der Waals surface area contributed by atoms with E-state index in [1.54, 1.807) is 30.7 Å². The summed E-state index contributed by atoms with van der Waals surface area (Å²) in [5.74, 6) is -0.436. The predicted octanol–water partition coefficient (Wildman–Crippen LogP) is 2.40. The van der Waals surface area contributed by atoms with Gasteiger partial charge in [0.1, 0.15) is 9.84 Å². The molecular formula is C21H26N6O3S. The maximum atomic E-state index is 12.8. The third-order valence-electron chi connectivity index (χ3n) is 5.58. The lowest BCUT2D eigenvalue weighted by molar-refractivity contribution is 0.102. The number of nitrogens with one attached hydrogen (secondary N) is 2. The van der Waals surface area contributed by atoms with E-state index in [4.69, 9.17) is 0 Å². The summed E-state index contributed by atoms with van der Waals surface area (Å²) in [5.41, 5.74) is 3.77. The van der Waals surface area contributed by atoms with Crippen molar-refractivity contribution in [3.8, 4) is 0 Å². The van der Waals surface area contributed by atoms with Crippen LogP contribution in [0.25, 0.3) is 0 Å². The number of aromatic amines is 1. The first-order chi connectivity index (χ1) is 14.6. The number of carbonyl (C=O) groups is 1. The molecule has 1 amide bonds. The fraction of sp³-hybridized carbons (Fsp3) is 0.429. The molecule has 3 aromatic heterocycles. The van der Waals surface area contributed by atoms with Crippen LogP contribution in [0, 0.1) is 5.41 Å². The Morgan fingerprint density at radius 1 is 1.35 bits per heavy atom. The zero-order valence-corrected chi connectivity index (χ0v) is 18.6. The second kappa shape index (κ2) is 7.92. The third-order valence-corrected chi connectivity index (χ3v) is 6.50. The maximum absolute atomic E-state index is 12.8. The lowest BCUT2D eigenvalue weighted by Crippen LogP contribution is -2.23. The Kier molecular flexibility index (Phi) is 5.42. The molecule has 0 fully saturated rings. The zero-order valence-electron chi connectivity index (χ0n) is 17.8. The van der Waals surface area contributed by atoms with Gasteiger partial charge in [0.05, 0.1) is 23.7 Å². The molecule has 1 atom stereocenters. The molecule has 0 radical (unpaired) electrons. The number of fused-ring (bicyclic) bond motifs is 1. The first-order valence-corrected chi connectivity index (χ1v) is 12.2. The summed E-state index contributed by atoms with van der Waals surface area (Å²) in [6.07, 6.45) is 10.2. The van der Waals surface area contributed by atoms with Crippen LogP contribution in [-0.2, 0) is 22.7 Å². The number of hydrogen-bond donors (Lipinski definition) is 2. The summed E-state index contributed by atoms with van der Waals surface area (Å²) in [5, 5.41) is 14.4. The highest BCUT2D eigenvalue weighted by Crippen LogP contribution is 2.35. The Morgan fingerprint density at radius 3 is 2.87 bits per heavy atom. The largest absolute Gasteiger partial charge is 0.318 e. The second-order valence-electron chi connectivity index (χ2n) is 8.93. The van der Waals surface area contributed by atoms with Gasteiger partial charge in [-0.2, -0.15) is 10.2 Å². The molecule has 0 aromatic carbocycles. The highest BCUT2D eigenvalue weighted by molar-refractivity contribution is 7.90. The molecule has 0 bridgehead atoms. The van der Waals surface area contributed by atoms with E-state index in [1.807, 2.05) is 0 Å². The van der Waals surface area contributed by atoms with Gasteiger partial charge >= 0.3 is 0 Å². The van der Waals surface area contributed by atoms with E-state index in [0.29, 0.717) is 11.4 Å². The Bertz CT molecular complexity index is 1200. The van der Waals surface area contributed by atoms with Gasteiger partial charge in [0.15, 0.2) is 5.69 Å². The van der Waals surface area contributed by atoms with Gasteiger partial charge in [-0.25, -0.2) is 8.42 Å². The molecule has 3 aromatic rings. The van der Waals surface area contributed by atoms with Crippen molar-refractivity contribution in [3.05, 3.63) is 59.4 Å². The van der Waals surface area contributed by atoms with Gasteiger partial charge in [0.25, 0.3) is 5.91 Å². The summed E-state index contributed by atoms with van der Waals surface area (Å²) in [6, 6.07) is 3.01. The number of rotatable bonds is 6. The van der Waals surface area contributed by atoms with Gasteiger partial charge < -0.3 is 5.32 Å². The first-order valence-electron chi connectivity index (χ1n) is 10.1. The summed E-state index contributed by atoms with van der Waals surface area (Å²) in [4.78, 5) is 16.9. The van der Waals surface area contributed by atoms with Crippen molar-refractivity contribution in [2.24, 2.45) is 5.41 Å². The zero-order chi connectivity index (χ0) is 22.2. The fourth-order valence-corrected chi connectivity index (χ4v) is 4.90. The van der Waals surface area contributed by atoms with Crippen LogP contribution in [-0.4, -0.2) is 51.3 Å². The third kappa shape index (κ3) is 4.84. The molecule has 1 unspecified atom stereocenters. The van der Waals surface area contributed by atoms with Crippen molar-refractivity contribution in [1.29, 1.82) is 0 Å². The monoisotopic (exact) mass is 442 g/mol. The average Bonchev–Trinajstić information content (AvgIpc) is 3.32. The van der Waals surface area contributed by atoms with Gasteiger partial charge in [0, 0.05) is 36.1 Å². The minimum absolute atomic E-state index is 0.129. The quantitative estimate of drug-likeness (QED) is 0.604. The number of pyridine rings is 1. The molecule has 0 saturated heterocycles. The van der Waals surface area contributed by atoms with Crippen LogP contribution in [0.2, 0.25) is 0 Å². The summed E-state index contributed by atoms with van der Waals surface area (Å²) >= 11 is 0. The lowest BCUT2D eigenvalue weighted by atomic mass is 9.76. The van der Waals surface area contributed by atoms with E-state index >= 15 is 0 Å². The smallest absolute Gasteiger partial charge is 0.276 e. The van der Waals surface area contributed by atoms with Gasteiger partial charge in [-0.15, -0.1) is 0 Å².